The van der Waals surface area contributed by atoms with Gasteiger partial charge in [0, 0.05) is 0 Å². The molecule has 0 bridgehead atoms. The van der Waals surface area contributed by atoms with Crippen molar-refractivity contribution in [3.05, 3.63) is 47.3 Å². The van der Waals surface area contributed by atoms with Gasteiger partial charge >= 0.3 is 5.97 Å². The number of amides is 1. The molecule has 7 heteroatoms. The molecule has 0 aliphatic rings. The van der Waals surface area contributed by atoms with E-state index in [1.54, 1.807) is 25.5 Å². The van der Waals surface area contributed by atoms with Crippen LogP contribution in [0, 0.1) is 31.1 Å². The number of carbonyl (C=O) groups excluding carboxylic acids is 2. The molecule has 0 saturated heterocycles. The molecule has 2 atom stereocenters. The molecule has 0 unspecified atom stereocenters. The fourth-order valence-corrected chi connectivity index (χ4v) is 2.69. The van der Waals surface area contributed by atoms with Crippen LogP contribution in [0.1, 0.15) is 49.4 Å². The minimum absolute atomic E-state index is 0.0991. The van der Waals surface area contributed by atoms with E-state index in [1.807, 2.05) is 44.2 Å². The lowest BCUT2D eigenvalue weighted by molar-refractivity contribution is -0.130. The quantitative estimate of drug-likeness (QED) is 0.774. The number of nitriles is 1. The van der Waals surface area contributed by atoms with Crippen molar-refractivity contribution in [3.8, 4) is 11.8 Å². The van der Waals surface area contributed by atoms with Gasteiger partial charge in [0.25, 0.3) is 5.91 Å². The molecule has 7 nitrogen and oxygen atoms in total. The Balaban J connectivity index is 2.18. The first-order valence-corrected chi connectivity index (χ1v) is 9.16. The molecule has 148 valence electrons. The van der Waals surface area contributed by atoms with Gasteiger partial charge in [-0.15, -0.1) is 0 Å². The summed E-state index contributed by atoms with van der Waals surface area (Å²) in [6, 6.07) is 11.6. The smallest absolute Gasteiger partial charge is 0.342 e. The first-order chi connectivity index (χ1) is 13.1. The molecule has 2 rings (SSSR count). The summed E-state index contributed by atoms with van der Waals surface area (Å²) in [5.74, 6) is -1.24. The van der Waals surface area contributed by atoms with Gasteiger partial charge in [0.1, 0.15) is 11.1 Å². The van der Waals surface area contributed by atoms with Gasteiger partial charge < -0.3 is 10.1 Å². The maximum Gasteiger partial charge on any atom is 0.342 e. The van der Waals surface area contributed by atoms with Crippen LogP contribution in [0.5, 0.6) is 0 Å². The maximum absolute atomic E-state index is 12.7. The van der Waals surface area contributed by atoms with Crippen LogP contribution in [0.3, 0.4) is 0 Å². The molecule has 0 aliphatic carbocycles. The van der Waals surface area contributed by atoms with E-state index in [2.05, 4.69) is 16.5 Å². The van der Waals surface area contributed by atoms with Crippen molar-refractivity contribution in [2.24, 2.45) is 5.92 Å². The van der Waals surface area contributed by atoms with Crippen LogP contribution in [-0.2, 0) is 9.53 Å². The molecule has 1 heterocycles. The number of benzene rings is 1. The van der Waals surface area contributed by atoms with Crippen LogP contribution in [0.15, 0.2) is 30.3 Å². The van der Waals surface area contributed by atoms with Crippen molar-refractivity contribution in [2.45, 2.75) is 53.2 Å². The molecule has 1 N–H and O–H groups in total. The topological polar surface area (TPSA) is 97.0 Å². The number of nitrogens with one attached hydrogen (secondary N) is 1. The van der Waals surface area contributed by atoms with E-state index in [-0.39, 0.29) is 5.92 Å². The Morgan fingerprint density at radius 2 is 1.82 bits per heavy atom. The first-order valence-electron chi connectivity index (χ1n) is 9.16. The summed E-state index contributed by atoms with van der Waals surface area (Å²) in [5, 5.41) is 16.4. The van der Waals surface area contributed by atoms with E-state index in [4.69, 9.17) is 4.74 Å². The second-order valence-corrected chi connectivity index (χ2v) is 7.30. The molecule has 0 radical (unpaired) electrons. The highest BCUT2D eigenvalue weighted by Crippen LogP contribution is 2.20. The molecule has 0 spiro atoms. The molecular formula is C21H26N4O3. The summed E-state index contributed by atoms with van der Waals surface area (Å²) in [6.07, 6.45) is -1.04. The zero-order valence-electron chi connectivity index (χ0n) is 17.1. The molecule has 1 aromatic carbocycles. The number of aromatic nitrogens is 2. The molecule has 1 amide bonds. The van der Waals surface area contributed by atoms with Crippen LogP contribution in [-0.4, -0.2) is 33.3 Å². The van der Waals surface area contributed by atoms with Gasteiger partial charge in [-0.3, -0.25) is 4.79 Å². The average Bonchev–Trinajstić information content (AvgIpc) is 2.96. The third-order valence-corrected chi connectivity index (χ3v) is 4.92. The molecule has 2 aromatic rings. The van der Waals surface area contributed by atoms with E-state index in [0.717, 1.165) is 5.69 Å². The third-order valence-electron chi connectivity index (χ3n) is 4.92. The van der Waals surface area contributed by atoms with Gasteiger partial charge in [0.15, 0.2) is 6.10 Å². The minimum atomic E-state index is -1.04. The Kier molecular flexibility index (Phi) is 6.24. The Bertz CT molecular complexity index is 912. The van der Waals surface area contributed by atoms with Crippen LogP contribution in [0.2, 0.25) is 0 Å². The van der Waals surface area contributed by atoms with E-state index in [0.29, 0.717) is 17.0 Å². The highest BCUT2D eigenvalue weighted by atomic mass is 16.5. The van der Waals surface area contributed by atoms with Crippen molar-refractivity contribution in [2.75, 3.05) is 0 Å². The summed E-state index contributed by atoms with van der Waals surface area (Å²) in [4.78, 5) is 25.1. The lowest BCUT2D eigenvalue weighted by Gasteiger charge is -2.28. The zero-order valence-corrected chi connectivity index (χ0v) is 17.1. The van der Waals surface area contributed by atoms with Crippen molar-refractivity contribution in [3.63, 3.8) is 0 Å². The molecule has 0 fully saturated rings. The van der Waals surface area contributed by atoms with Crippen molar-refractivity contribution in [1.82, 2.24) is 15.1 Å². The summed E-state index contributed by atoms with van der Waals surface area (Å²) in [7, 11) is 0. The fraction of sp³-hybridized carbons (Fsp3) is 0.429. The number of nitrogens with zero attached hydrogens (tertiary/aromatic N) is 3. The molecule has 0 saturated carbocycles. The van der Waals surface area contributed by atoms with Crippen LogP contribution < -0.4 is 5.32 Å². The Labute approximate surface area is 165 Å². The van der Waals surface area contributed by atoms with Crippen LogP contribution in [0.4, 0.5) is 0 Å². The number of hydrogen-bond acceptors (Lipinski definition) is 5. The number of esters is 1. The van der Waals surface area contributed by atoms with E-state index in [9.17, 15) is 14.9 Å². The summed E-state index contributed by atoms with van der Waals surface area (Å²) in [5.41, 5.74) is 1.26. The van der Waals surface area contributed by atoms with Gasteiger partial charge in [0.2, 0.25) is 0 Å². The molecule has 1 aromatic heterocycles. The number of aryl methyl sites for hydroxylation is 1. The van der Waals surface area contributed by atoms with Crippen LogP contribution >= 0.6 is 0 Å². The van der Waals surface area contributed by atoms with E-state index in [1.165, 1.54) is 6.92 Å². The van der Waals surface area contributed by atoms with E-state index >= 15 is 0 Å². The SMILES string of the molecule is Cc1nn(-c2ccccc2)c(C)c1C(=O)O[C@H](C)C(=O)N[C@@](C)(C#N)C(C)C. The second kappa shape index (κ2) is 8.26. The maximum atomic E-state index is 12.7. The second-order valence-electron chi connectivity index (χ2n) is 7.30. The molecule has 0 aliphatic heterocycles. The van der Waals surface area contributed by atoms with Gasteiger partial charge in [-0.2, -0.15) is 10.4 Å². The Morgan fingerprint density at radius 3 is 2.36 bits per heavy atom. The number of rotatable bonds is 6. The van der Waals surface area contributed by atoms with Gasteiger partial charge in [-0.25, -0.2) is 9.48 Å². The van der Waals surface area contributed by atoms with Crippen LogP contribution in [0.25, 0.3) is 5.69 Å². The Morgan fingerprint density at radius 1 is 1.21 bits per heavy atom. The number of carbonyl (C=O) groups is 2. The monoisotopic (exact) mass is 382 g/mol. The normalized spacial score (nSPS) is 14.1. The van der Waals surface area contributed by atoms with Crippen molar-refractivity contribution in [1.29, 1.82) is 5.26 Å². The van der Waals surface area contributed by atoms with Gasteiger partial charge in [0.05, 0.1) is 23.1 Å². The predicted octanol–water partition coefficient (Wildman–Crippen LogP) is 3.09. The predicted molar refractivity (Wildman–Crippen MR) is 105 cm³/mol. The average molecular weight is 382 g/mol. The minimum Gasteiger partial charge on any atom is -0.449 e. The number of ether oxygens (including phenoxy) is 1. The van der Waals surface area contributed by atoms with Gasteiger partial charge in [-0.1, -0.05) is 32.0 Å². The lowest BCUT2D eigenvalue weighted by Crippen LogP contribution is -2.52. The summed E-state index contributed by atoms with van der Waals surface area (Å²) < 4.78 is 7.03. The third kappa shape index (κ3) is 4.22. The lowest BCUT2D eigenvalue weighted by atomic mass is 9.90. The molecule has 28 heavy (non-hydrogen) atoms. The van der Waals surface area contributed by atoms with Gasteiger partial charge in [-0.05, 0) is 45.7 Å². The highest BCUT2D eigenvalue weighted by Gasteiger charge is 2.33. The number of hydrogen-bond donors (Lipinski definition) is 1. The first kappa shape index (κ1) is 21.2. The highest BCUT2D eigenvalue weighted by molar-refractivity contribution is 5.94. The Hall–Kier alpha value is -3.14. The largest absolute Gasteiger partial charge is 0.449 e. The fourth-order valence-electron chi connectivity index (χ4n) is 2.69. The zero-order chi connectivity index (χ0) is 21.1. The summed E-state index contributed by atoms with van der Waals surface area (Å²) >= 11 is 0. The van der Waals surface area contributed by atoms with Crippen molar-refractivity contribution >= 4 is 11.9 Å². The number of para-hydroxylation sites is 1. The molecular weight excluding hydrogens is 356 g/mol. The van der Waals surface area contributed by atoms with Crippen molar-refractivity contribution < 1.29 is 14.3 Å². The standard InChI is InChI=1S/C21H26N4O3/c1-13(2)21(6,12-22)23-19(26)16(5)28-20(27)18-14(3)24-25(15(18)4)17-10-8-7-9-11-17/h7-11,13,16H,1-6H3,(H,23,26)/t16-,21+/m1/s1. The van der Waals surface area contributed by atoms with E-state index < -0.39 is 23.5 Å². The summed E-state index contributed by atoms with van der Waals surface area (Å²) in [6.45, 7) is 10.3.